The van der Waals surface area contributed by atoms with Gasteiger partial charge in [-0.2, -0.15) is 0 Å². The number of rotatable bonds is 3. The fraction of sp³-hybridized carbons (Fsp3) is 0.615. The molecule has 6 nitrogen and oxygen atoms in total. The Labute approximate surface area is 112 Å². The molecule has 1 unspecified atom stereocenters. The molecule has 0 spiro atoms. The molecule has 0 aliphatic carbocycles. The molecule has 0 bridgehead atoms. The second-order valence-electron chi connectivity index (χ2n) is 4.96. The van der Waals surface area contributed by atoms with Gasteiger partial charge in [-0.15, -0.1) is 0 Å². The smallest absolute Gasteiger partial charge is 0.253 e. The van der Waals surface area contributed by atoms with Crippen molar-refractivity contribution in [3.63, 3.8) is 0 Å². The van der Waals surface area contributed by atoms with Crippen LogP contribution in [0.3, 0.4) is 0 Å². The predicted molar refractivity (Wildman–Crippen MR) is 71.1 cm³/mol. The minimum Gasteiger partial charge on any atom is -0.368 e. The molecular formula is C13H18N4O2. The van der Waals surface area contributed by atoms with Crippen LogP contribution in [0.4, 0.5) is 11.6 Å². The van der Waals surface area contributed by atoms with Crippen LogP contribution in [-0.4, -0.2) is 41.7 Å². The standard InChI is InChI=1S/C13H18N4O2/c18-12(11-4-3-7-19-11)16-10-8-14-13(15-9-10)17-5-1-2-6-17/h8-9,11H,1-7H2,(H,16,18). The highest BCUT2D eigenvalue weighted by molar-refractivity contribution is 5.94. The SMILES string of the molecule is O=C(Nc1cnc(N2CCCC2)nc1)C1CCCO1. The quantitative estimate of drug-likeness (QED) is 0.886. The van der Waals surface area contributed by atoms with Gasteiger partial charge in [-0.25, -0.2) is 9.97 Å². The van der Waals surface area contributed by atoms with Crippen molar-refractivity contribution in [2.45, 2.75) is 31.8 Å². The van der Waals surface area contributed by atoms with E-state index in [1.54, 1.807) is 12.4 Å². The summed E-state index contributed by atoms with van der Waals surface area (Å²) in [7, 11) is 0. The molecule has 1 amide bonds. The van der Waals surface area contributed by atoms with E-state index in [0.717, 1.165) is 31.9 Å². The predicted octanol–water partition coefficient (Wildman–Crippen LogP) is 1.19. The van der Waals surface area contributed by atoms with E-state index < -0.39 is 0 Å². The molecule has 3 rings (SSSR count). The monoisotopic (exact) mass is 262 g/mol. The molecule has 19 heavy (non-hydrogen) atoms. The third kappa shape index (κ3) is 2.84. The summed E-state index contributed by atoms with van der Waals surface area (Å²) >= 11 is 0. The fourth-order valence-electron chi connectivity index (χ4n) is 2.47. The molecule has 1 atom stereocenters. The molecule has 2 saturated heterocycles. The lowest BCUT2D eigenvalue weighted by Crippen LogP contribution is -2.27. The van der Waals surface area contributed by atoms with Crippen molar-refractivity contribution in [3.8, 4) is 0 Å². The average Bonchev–Trinajstić information content (AvgIpc) is 3.13. The van der Waals surface area contributed by atoms with E-state index in [1.807, 2.05) is 0 Å². The Morgan fingerprint density at radius 2 is 2.00 bits per heavy atom. The van der Waals surface area contributed by atoms with E-state index in [4.69, 9.17) is 4.74 Å². The number of carbonyl (C=O) groups excluding carboxylic acids is 1. The Morgan fingerprint density at radius 1 is 1.26 bits per heavy atom. The van der Waals surface area contributed by atoms with Crippen LogP contribution in [0, 0.1) is 0 Å². The zero-order valence-corrected chi connectivity index (χ0v) is 10.8. The van der Waals surface area contributed by atoms with Crippen LogP contribution in [-0.2, 0) is 9.53 Å². The maximum atomic E-state index is 11.9. The third-order valence-corrected chi connectivity index (χ3v) is 3.52. The second kappa shape index (κ2) is 5.52. The summed E-state index contributed by atoms with van der Waals surface area (Å²) < 4.78 is 5.33. The van der Waals surface area contributed by atoms with E-state index in [2.05, 4.69) is 20.2 Å². The van der Waals surface area contributed by atoms with E-state index in [9.17, 15) is 4.79 Å². The van der Waals surface area contributed by atoms with Crippen molar-refractivity contribution in [2.24, 2.45) is 0 Å². The van der Waals surface area contributed by atoms with Crippen LogP contribution in [0.1, 0.15) is 25.7 Å². The van der Waals surface area contributed by atoms with Crippen molar-refractivity contribution in [1.29, 1.82) is 0 Å². The minimum absolute atomic E-state index is 0.102. The molecule has 2 aliphatic heterocycles. The number of nitrogens with one attached hydrogen (secondary N) is 1. The van der Waals surface area contributed by atoms with Gasteiger partial charge in [0.2, 0.25) is 5.95 Å². The number of amides is 1. The Kier molecular flexibility index (Phi) is 3.59. The lowest BCUT2D eigenvalue weighted by Gasteiger charge is -2.15. The third-order valence-electron chi connectivity index (χ3n) is 3.52. The van der Waals surface area contributed by atoms with Gasteiger partial charge in [-0.05, 0) is 25.7 Å². The maximum Gasteiger partial charge on any atom is 0.253 e. The number of aromatic nitrogens is 2. The summed E-state index contributed by atoms with van der Waals surface area (Å²) in [6, 6.07) is 0. The molecule has 2 aliphatic rings. The topological polar surface area (TPSA) is 67.4 Å². The molecule has 0 aromatic carbocycles. The summed E-state index contributed by atoms with van der Waals surface area (Å²) in [6.07, 6.45) is 7.13. The van der Waals surface area contributed by atoms with Crippen LogP contribution in [0.25, 0.3) is 0 Å². The number of nitrogens with zero attached hydrogens (tertiary/aromatic N) is 3. The van der Waals surface area contributed by atoms with Gasteiger partial charge in [-0.3, -0.25) is 4.79 Å². The summed E-state index contributed by atoms with van der Waals surface area (Å²) in [4.78, 5) is 22.6. The second-order valence-corrected chi connectivity index (χ2v) is 4.96. The summed E-state index contributed by atoms with van der Waals surface area (Å²) in [6.45, 7) is 2.70. The van der Waals surface area contributed by atoms with E-state index in [-0.39, 0.29) is 12.0 Å². The lowest BCUT2D eigenvalue weighted by atomic mass is 10.2. The van der Waals surface area contributed by atoms with Gasteiger partial charge in [-0.1, -0.05) is 0 Å². The van der Waals surface area contributed by atoms with Crippen LogP contribution < -0.4 is 10.2 Å². The maximum absolute atomic E-state index is 11.9. The zero-order valence-electron chi connectivity index (χ0n) is 10.8. The molecule has 102 valence electrons. The summed E-state index contributed by atoms with van der Waals surface area (Å²) in [5.41, 5.74) is 0.628. The largest absolute Gasteiger partial charge is 0.368 e. The summed E-state index contributed by atoms with van der Waals surface area (Å²) in [5.74, 6) is 0.641. The van der Waals surface area contributed by atoms with Gasteiger partial charge >= 0.3 is 0 Å². The average molecular weight is 262 g/mol. The molecule has 2 fully saturated rings. The Morgan fingerprint density at radius 3 is 2.63 bits per heavy atom. The van der Waals surface area contributed by atoms with Crippen molar-refractivity contribution >= 4 is 17.5 Å². The van der Waals surface area contributed by atoms with E-state index in [0.29, 0.717) is 12.3 Å². The lowest BCUT2D eigenvalue weighted by molar-refractivity contribution is -0.124. The van der Waals surface area contributed by atoms with Gasteiger partial charge in [0.25, 0.3) is 5.91 Å². The Balaban J connectivity index is 1.60. The van der Waals surface area contributed by atoms with E-state index in [1.165, 1.54) is 12.8 Å². The first-order valence-corrected chi connectivity index (χ1v) is 6.82. The molecule has 1 aromatic rings. The minimum atomic E-state index is -0.321. The summed E-state index contributed by atoms with van der Waals surface area (Å²) in [5, 5.41) is 2.79. The molecule has 3 heterocycles. The van der Waals surface area contributed by atoms with Crippen molar-refractivity contribution in [2.75, 3.05) is 29.9 Å². The number of anilines is 2. The molecule has 1 N–H and O–H groups in total. The Hall–Kier alpha value is -1.69. The highest BCUT2D eigenvalue weighted by atomic mass is 16.5. The fourth-order valence-corrected chi connectivity index (χ4v) is 2.47. The van der Waals surface area contributed by atoms with Crippen LogP contribution in [0.5, 0.6) is 0 Å². The normalized spacial score (nSPS) is 22.7. The number of ether oxygens (including phenoxy) is 1. The molecule has 0 saturated carbocycles. The van der Waals surface area contributed by atoms with Gasteiger partial charge in [0.15, 0.2) is 0 Å². The van der Waals surface area contributed by atoms with Gasteiger partial charge in [0.05, 0.1) is 18.1 Å². The first-order valence-electron chi connectivity index (χ1n) is 6.82. The first kappa shape index (κ1) is 12.3. The van der Waals surface area contributed by atoms with Crippen LogP contribution in [0.2, 0.25) is 0 Å². The zero-order chi connectivity index (χ0) is 13.1. The van der Waals surface area contributed by atoms with Crippen molar-refractivity contribution in [1.82, 2.24) is 9.97 Å². The number of hydrogen-bond acceptors (Lipinski definition) is 5. The Bertz CT molecular complexity index is 436. The molecular weight excluding hydrogens is 244 g/mol. The first-order chi connectivity index (χ1) is 9.33. The number of hydrogen-bond donors (Lipinski definition) is 1. The van der Waals surface area contributed by atoms with E-state index >= 15 is 0 Å². The highest BCUT2D eigenvalue weighted by Crippen LogP contribution is 2.17. The van der Waals surface area contributed by atoms with Gasteiger partial charge < -0.3 is 15.0 Å². The molecule has 0 radical (unpaired) electrons. The van der Waals surface area contributed by atoms with Gasteiger partial charge in [0.1, 0.15) is 6.10 Å². The van der Waals surface area contributed by atoms with Crippen LogP contribution >= 0.6 is 0 Å². The van der Waals surface area contributed by atoms with Crippen LogP contribution in [0.15, 0.2) is 12.4 Å². The van der Waals surface area contributed by atoms with Gasteiger partial charge in [0, 0.05) is 19.7 Å². The van der Waals surface area contributed by atoms with Crippen molar-refractivity contribution in [3.05, 3.63) is 12.4 Å². The molecule has 6 heteroatoms. The molecule has 1 aromatic heterocycles. The highest BCUT2D eigenvalue weighted by Gasteiger charge is 2.23. The number of carbonyl (C=O) groups is 1. The van der Waals surface area contributed by atoms with Crippen molar-refractivity contribution < 1.29 is 9.53 Å².